The SMILES string of the molecule is Cc1cc(OCC(=O)N[C@H](c2ccccc2)c2ccco2)ccc1Cl. The lowest BCUT2D eigenvalue weighted by molar-refractivity contribution is -0.123. The molecule has 3 aromatic rings. The molecule has 1 amide bonds. The van der Waals surface area contributed by atoms with Gasteiger partial charge < -0.3 is 14.5 Å². The number of amides is 1. The Morgan fingerprint density at radius 1 is 1.16 bits per heavy atom. The number of rotatable bonds is 6. The number of ether oxygens (including phenoxy) is 1. The molecule has 4 nitrogen and oxygen atoms in total. The van der Waals surface area contributed by atoms with Gasteiger partial charge in [-0.25, -0.2) is 0 Å². The van der Waals surface area contributed by atoms with Crippen LogP contribution in [0.4, 0.5) is 0 Å². The Morgan fingerprint density at radius 2 is 1.96 bits per heavy atom. The number of furan rings is 1. The van der Waals surface area contributed by atoms with E-state index in [0.717, 1.165) is 11.1 Å². The largest absolute Gasteiger partial charge is 0.484 e. The molecule has 0 radical (unpaired) electrons. The quantitative estimate of drug-likeness (QED) is 0.707. The van der Waals surface area contributed by atoms with Gasteiger partial charge in [0.05, 0.1) is 6.26 Å². The molecule has 0 spiro atoms. The summed E-state index contributed by atoms with van der Waals surface area (Å²) in [4.78, 5) is 12.3. The molecule has 0 saturated carbocycles. The lowest BCUT2D eigenvalue weighted by Gasteiger charge is -2.17. The van der Waals surface area contributed by atoms with Crippen LogP contribution in [-0.2, 0) is 4.79 Å². The van der Waals surface area contributed by atoms with Crippen molar-refractivity contribution in [2.75, 3.05) is 6.61 Å². The molecular formula is C20H18ClNO3. The van der Waals surface area contributed by atoms with Crippen LogP contribution in [0.3, 0.4) is 0 Å². The Kier molecular flexibility index (Phi) is 5.41. The molecule has 0 bridgehead atoms. The average Bonchev–Trinajstić information content (AvgIpc) is 3.16. The second-order valence-electron chi connectivity index (χ2n) is 5.63. The fourth-order valence-corrected chi connectivity index (χ4v) is 2.60. The number of benzene rings is 2. The van der Waals surface area contributed by atoms with Gasteiger partial charge in [-0.15, -0.1) is 0 Å². The fraction of sp³-hybridized carbons (Fsp3) is 0.150. The molecule has 5 heteroatoms. The maximum Gasteiger partial charge on any atom is 0.258 e. The van der Waals surface area contributed by atoms with Crippen LogP contribution in [0, 0.1) is 6.92 Å². The molecular weight excluding hydrogens is 338 g/mol. The van der Waals surface area contributed by atoms with Crippen LogP contribution in [-0.4, -0.2) is 12.5 Å². The number of carbonyl (C=O) groups excluding carboxylic acids is 1. The monoisotopic (exact) mass is 355 g/mol. The number of carbonyl (C=O) groups is 1. The first-order valence-electron chi connectivity index (χ1n) is 7.90. The third-order valence-corrected chi connectivity index (χ3v) is 4.19. The zero-order valence-electron chi connectivity index (χ0n) is 13.7. The molecule has 0 aliphatic rings. The highest BCUT2D eigenvalue weighted by molar-refractivity contribution is 6.31. The summed E-state index contributed by atoms with van der Waals surface area (Å²) in [6, 6.07) is 18.2. The third kappa shape index (κ3) is 4.43. The number of aryl methyl sites for hydroxylation is 1. The van der Waals surface area contributed by atoms with Crippen molar-refractivity contribution < 1.29 is 13.9 Å². The molecule has 0 aliphatic heterocycles. The molecule has 2 aromatic carbocycles. The topological polar surface area (TPSA) is 51.5 Å². The predicted molar refractivity (Wildman–Crippen MR) is 96.8 cm³/mol. The van der Waals surface area contributed by atoms with E-state index in [-0.39, 0.29) is 18.6 Å². The Morgan fingerprint density at radius 3 is 2.64 bits per heavy atom. The first-order chi connectivity index (χ1) is 12.1. The highest BCUT2D eigenvalue weighted by Crippen LogP contribution is 2.23. The van der Waals surface area contributed by atoms with Crippen LogP contribution < -0.4 is 10.1 Å². The lowest BCUT2D eigenvalue weighted by Crippen LogP contribution is -2.33. The van der Waals surface area contributed by atoms with Crippen LogP contribution in [0.2, 0.25) is 5.02 Å². The first-order valence-corrected chi connectivity index (χ1v) is 8.28. The van der Waals surface area contributed by atoms with Crippen LogP contribution >= 0.6 is 11.6 Å². The minimum absolute atomic E-state index is 0.0921. The van der Waals surface area contributed by atoms with Gasteiger partial charge in [0.1, 0.15) is 17.6 Å². The normalized spacial score (nSPS) is 11.8. The highest BCUT2D eigenvalue weighted by atomic mass is 35.5. The molecule has 25 heavy (non-hydrogen) atoms. The summed E-state index contributed by atoms with van der Waals surface area (Å²) in [5.74, 6) is 1.03. The Labute approximate surface area is 151 Å². The van der Waals surface area contributed by atoms with Crippen LogP contribution in [0.5, 0.6) is 5.75 Å². The van der Waals surface area contributed by atoms with Crippen molar-refractivity contribution in [1.82, 2.24) is 5.32 Å². The van der Waals surface area contributed by atoms with E-state index in [1.54, 1.807) is 30.5 Å². The summed E-state index contributed by atoms with van der Waals surface area (Å²) in [5.41, 5.74) is 1.84. The molecule has 1 aromatic heterocycles. The van der Waals surface area contributed by atoms with Gasteiger partial charge in [0.25, 0.3) is 5.91 Å². The summed E-state index contributed by atoms with van der Waals surface area (Å²) < 4.78 is 11.0. The van der Waals surface area contributed by atoms with Crippen molar-refractivity contribution in [2.24, 2.45) is 0 Å². The molecule has 1 atom stereocenters. The molecule has 128 valence electrons. The minimum Gasteiger partial charge on any atom is -0.484 e. The zero-order valence-corrected chi connectivity index (χ0v) is 14.5. The highest BCUT2D eigenvalue weighted by Gasteiger charge is 2.19. The second-order valence-corrected chi connectivity index (χ2v) is 6.03. The number of hydrogen-bond acceptors (Lipinski definition) is 3. The van der Waals surface area contributed by atoms with Gasteiger partial charge in [-0.2, -0.15) is 0 Å². The molecule has 1 N–H and O–H groups in total. The van der Waals surface area contributed by atoms with E-state index in [1.165, 1.54) is 0 Å². The number of halogens is 1. The molecule has 1 heterocycles. The van der Waals surface area contributed by atoms with E-state index < -0.39 is 0 Å². The van der Waals surface area contributed by atoms with Gasteiger partial charge in [0, 0.05) is 5.02 Å². The molecule has 0 aliphatic carbocycles. The maximum atomic E-state index is 12.3. The fourth-order valence-electron chi connectivity index (χ4n) is 2.48. The summed E-state index contributed by atoms with van der Waals surface area (Å²) in [7, 11) is 0. The van der Waals surface area contributed by atoms with Crippen molar-refractivity contribution in [3.63, 3.8) is 0 Å². The van der Waals surface area contributed by atoms with E-state index in [9.17, 15) is 4.79 Å². The van der Waals surface area contributed by atoms with Crippen molar-refractivity contribution in [3.05, 3.63) is 88.8 Å². The van der Waals surface area contributed by atoms with E-state index >= 15 is 0 Å². The lowest BCUT2D eigenvalue weighted by atomic mass is 10.0. The van der Waals surface area contributed by atoms with Crippen LogP contribution in [0.25, 0.3) is 0 Å². The molecule has 0 unspecified atom stereocenters. The third-order valence-electron chi connectivity index (χ3n) is 3.77. The van der Waals surface area contributed by atoms with E-state index in [2.05, 4.69) is 5.32 Å². The van der Waals surface area contributed by atoms with Gasteiger partial charge in [0.15, 0.2) is 6.61 Å². The van der Waals surface area contributed by atoms with Gasteiger partial charge in [-0.3, -0.25) is 4.79 Å². The van der Waals surface area contributed by atoms with E-state index in [1.807, 2.05) is 43.3 Å². The Hall–Kier alpha value is -2.72. The van der Waals surface area contributed by atoms with Crippen molar-refractivity contribution in [2.45, 2.75) is 13.0 Å². The molecule has 0 saturated heterocycles. The van der Waals surface area contributed by atoms with Gasteiger partial charge >= 0.3 is 0 Å². The summed E-state index contributed by atoms with van der Waals surface area (Å²) >= 11 is 5.99. The zero-order chi connectivity index (χ0) is 17.6. The Balaban J connectivity index is 1.67. The average molecular weight is 356 g/mol. The van der Waals surface area contributed by atoms with Gasteiger partial charge in [-0.1, -0.05) is 41.9 Å². The number of nitrogens with one attached hydrogen (secondary N) is 1. The van der Waals surface area contributed by atoms with Crippen LogP contribution in [0.15, 0.2) is 71.3 Å². The smallest absolute Gasteiger partial charge is 0.258 e. The van der Waals surface area contributed by atoms with Crippen LogP contribution in [0.1, 0.15) is 22.9 Å². The summed E-state index contributed by atoms with van der Waals surface area (Å²) in [5, 5.41) is 3.61. The second kappa shape index (κ2) is 7.90. The molecule has 0 fully saturated rings. The summed E-state index contributed by atoms with van der Waals surface area (Å²) in [6.45, 7) is 1.79. The van der Waals surface area contributed by atoms with Gasteiger partial charge in [-0.05, 0) is 48.4 Å². The van der Waals surface area contributed by atoms with E-state index in [0.29, 0.717) is 16.5 Å². The standard InChI is InChI=1S/C20H18ClNO3/c1-14-12-16(9-10-17(14)21)25-13-19(23)22-20(18-8-5-11-24-18)15-6-3-2-4-7-15/h2-12,20H,13H2,1H3,(H,22,23)/t20-/m1/s1. The first kappa shape index (κ1) is 17.1. The maximum absolute atomic E-state index is 12.3. The predicted octanol–water partition coefficient (Wildman–Crippen LogP) is 4.53. The molecule has 3 rings (SSSR count). The van der Waals surface area contributed by atoms with E-state index in [4.69, 9.17) is 20.8 Å². The van der Waals surface area contributed by atoms with Crippen molar-refractivity contribution in [3.8, 4) is 5.75 Å². The van der Waals surface area contributed by atoms with Gasteiger partial charge in [0.2, 0.25) is 0 Å². The van der Waals surface area contributed by atoms with Crippen molar-refractivity contribution in [1.29, 1.82) is 0 Å². The Bertz CT molecular complexity index is 831. The summed E-state index contributed by atoms with van der Waals surface area (Å²) in [6.07, 6.45) is 1.59. The minimum atomic E-state index is -0.362. The van der Waals surface area contributed by atoms with Crippen molar-refractivity contribution >= 4 is 17.5 Å². The number of hydrogen-bond donors (Lipinski definition) is 1.